The Morgan fingerprint density at radius 3 is 1.58 bits per heavy atom. The number of para-hydroxylation sites is 1. The molecule has 0 atom stereocenters. The van der Waals surface area contributed by atoms with Gasteiger partial charge in [-0.2, -0.15) is 0 Å². The summed E-state index contributed by atoms with van der Waals surface area (Å²) < 4.78 is 4.00. The van der Waals surface area contributed by atoms with Crippen molar-refractivity contribution in [3.8, 4) is 23.0 Å². The van der Waals surface area contributed by atoms with Crippen molar-refractivity contribution in [1.82, 2.24) is 9.13 Å². The van der Waals surface area contributed by atoms with Crippen molar-refractivity contribution in [3.05, 3.63) is 119 Å². The van der Waals surface area contributed by atoms with Gasteiger partial charge in [-0.1, -0.05) is 64.1 Å². The summed E-state index contributed by atoms with van der Waals surface area (Å²) in [5.74, 6) is -0.966. The average molecular weight is 679 g/mol. The quantitative estimate of drug-likeness (QED) is 0.0858. The third-order valence-electron chi connectivity index (χ3n) is 8.66. The van der Waals surface area contributed by atoms with E-state index in [4.69, 9.17) is 0 Å². The van der Waals surface area contributed by atoms with Crippen LogP contribution in [0.3, 0.4) is 0 Å². The van der Waals surface area contributed by atoms with Crippen molar-refractivity contribution >= 4 is 33.7 Å². The lowest BCUT2D eigenvalue weighted by Crippen LogP contribution is -2.09. The number of phenols is 4. The molecule has 2 aromatic heterocycles. The van der Waals surface area contributed by atoms with Gasteiger partial charge in [0.05, 0.1) is 23.9 Å². The topological polar surface area (TPSA) is 165 Å². The molecule has 0 unspecified atom stereocenters. The summed E-state index contributed by atoms with van der Waals surface area (Å²) in [5.41, 5.74) is 6.54. The predicted molar refractivity (Wildman–Crippen MR) is 192 cm³/mol. The maximum Gasteiger partial charge on any atom is 0.307 e. The van der Waals surface area contributed by atoms with Crippen LogP contribution in [0.5, 0.6) is 23.0 Å². The highest BCUT2D eigenvalue weighted by atomic mass is 16.4. The average Bonchev–Trinajstić information content (AvgIpc) is 3.49. The molecule has 260 valence electrons. The second kappa shape index (κ2) is 14.7. The largest absolute Gasteiger partial charge is 0.508 e. The second-order valence-corrected chi connectivity index (χ2v) is 13.1. The first kappa shape index (κ1) is 35.4. The zero-order valence-corrected chi connectivity index (χ0v) is 28.5. The number of carbonyl (C=O) groups is 2. The van der Waals surface area contributed by atoms with E-state index in [1.807, 2.05) is 55.0 Å². The standard InChI is InChI=1S/2C20H21NO4/c1-12(2)19-16(10-18(24)25)15-7-4-8-17(23)20(15)21(19)11-13-5-3-6-14(22)9-13;1-12(2)20-17(10-19(24)25)16-7-6-15(23)9-18(16)21(20)11-13-4-3-5-14(22)8-13/h2*3-9,12,22-23H,10-11H2,1-2H3,(H,24,25). The number of nitrogens with zero attached hydrogens (tertiary/aromatic N) is 2. The van der Waals surface area contributed by atoms with Gasteiger partial charge in [-0.25, -0.2) is 0 Å². The summed E-state index contributed by atoms with van der Waals surface area (Å²) >= 11 is 0. The molecule has 6 N–H and O–H groups in total. The number of aromatic nitrogens is 2. The highest BCUT2D eigenvalue weighted by molar-refractivity contribution is 5.93. The summed E-state index contributed by atoms with van der Waals surface area (Å²) in [6.07, 6.45) is -0.164. The number of carboxylic acids is 2. The molecule has 4 aromatic carbocycles. The van der Waals surface area contributed by atoms with Gasteiger partial charge in [0, 0.05) is 41.3 Å². The Hall–Kier alpha value is -5.90. The fraction of sp³-hybridized carbons (Fsp3) is 0.250. The lowest BCUT2D eigenvalue weighted by molar-refractivity contribution is -0.137. The van der Waals surface area contributed by atoms with Gasteiger partial charge in [0.15, 0.2) is 0 Å². The van der Waals surface area contributed by atoms with Crippen LogP contribution >= 0.6 is 0 Å². The minimum atomic E-state index is -0.901. The van der Waals surface area contributed by atoms with Crippen molar-refractivity contribution in [1.29, 1.82) is 0 Å². The number of phenolic OH excluding ortho intramolecular Hbond substituents is 4. The van der Waals surface area contributed by atoms with Crippen LogP contribution in [0.15, 0.2) is 84.9 Å². The Bertz CT molecular complexity index is 2190. The summed E-state index contributed by atoms with van der Waals surface area (Å²) in [6, 6.07) is 24.1. The molecule has 0 spiro atoms. The van der Waals surface area contributed by atoms with E-state index >= 15 is 0 Å². The maximum absolute atomic E-state index is 11.4. The van der Waals surface area contributed by atoms with Gasteiger partial charge in [-0.3, -0.25) is 9.59 Å². The van der Waals surface area contributed by atoms with Gasteiger partial charge in [0.2, 0.25) is 0 Å². The van der Waals surface area contributed by atoms with Crippen LogP contribution in [0.2, 0.25) is 0 Å². The molecule has 0 fully saturated rings. The molecule has 10 nitrogen and oxygen atoms in total. The normalized spacial score (nSPS) is 11.3. The summed E-state index contributed by atoms with van der Waals surface area (Å²) in [7, 11) is 0. The van der Waals surface area contributed by atoms with Gasteiger partial charge in [0.25, 0.3) is 0 Å². The van der Waals surface area contributed by atoms with Crippen LogP contribution in [0.4, 0.5) is 0 Å². The first-order chi connectivity index (χ1) is 23.7. The van der Waals surface area contributed by atoms with Gasteiger partial charge in [-0.15, -0.1) is 0 Å². The number of benzene rings is 4. The number of aromatic hydroxyl groups is 4. The van der Waals surface area contributed by atoms with Crippen molar-refractivity contribution in [2.24, 2.45) is 0 Å². The van der Waals surface area contributed by atoms with E-state index in [9.17, 15) is 40.2 Å². The predicted octanol–water partition coefficient (Wildman–Crippen LogP) is 7.70. The summed E-state index contributed by atoms with van der Waals surface area (Å²) in [5, 5.41) is 60.0. The third-order valence-corrected chi connectivity index (χ3v) is 8.66. The minimum Gasteiger partial charge on any atom is -0.508 e. The van der Waals surface area contributed by atoms with E-state index in [0.717, 1.165) is 49.9 Å². The van der Waals surface area contributed by atoms with E-state index in [0.29, 0.717) is 18.6 Å². The van der Waals surface area contributed by atoms with Crippen molar-refractivity contribution in [2.75, 3.05) is 0 Å². The van der Waals surface area contributed by atoms with Gasteiger partial charge < -0.3 is 39.8 Å². The van der Waals surface area contributed by atoms with Crippen molar-refractivity contribution in [2.45, 2.75) is 65.5 Å². The molecule has 0 saturated heterocycles. The molecule has 0 radical (unpaired) electrons. The molecule has 0 aliphatic heterocycles. The highest BCUT2D eigenvalue weighted by Gasteiger charge is 2.24. The molecule has 2 heterocycles. The maximum atomic E-state index is 11.4. The first-order valence-corrected chi connectivity index (χ1v) is 16.4. The Morgan fingerprint density at radius 2 is 1.06 bits per heavy atom. The number of aliphatic carboxylic acids is 2. The lowest BCUT2D eigenvalue weighted by Gasteiger charge is -2.15. The monoisotopic (exact) mass is 678 g/mol. The molecule has 0 saturated carbocycles. The molecule has 0 amide bonds. The van der Waals surface area contributed by atoms with Crippen LogP contribution in [0.25, 0.3) is 21.8 Å². The van der Waals surface area contributed by atoms with Gasteiger partial charge in [-0.05, 0) is 76.6 Å². The highest BCUT2D eigenvalue weighted by Crippen LogP contribution is 2.37. The van der Waals surface area contributed by atoms with Gasteiger partial charge in [0.1, 0.15) is 23.0 Å². The number of hydrogen-bond acceptors (Lipinski definition) is 6. The molecule has 0 aliphatic carbocycles. The Balaban J connectivity index is 0.000000194. The minimum absolute atomic E-state index is 0.0676. The van der Waals surface area contributed by atoms with Crippen molar-refractivity contribution in [3.63, 3.8) is 0 Å². The fourth-order valence-corrected chi connectivity index (χ4v) is 6.91. The first-order valence-electron chi connectivity index (χ1n) is 16.4. The Labute approximate surface area is 289 Å². The van der Waals surface area contributed by atoms with E-state index < -0.39 is 11.9 Å². The number of rotatable bonds is 10. The van der Waals surface area contributed by atoms with E-state index in [2.05, 4.69) is 0 Å². The second-order valence-electron chi connectivity index (χ2n) is 13.1. The van der Waals surface area contributed by atoms with E-state index in [-0.39, 0.29) is 47.7 Å². The number of carboxylic acid groups (broad SMARTS) is 2. The smallest absolute Gasteiger partial charge is 0.307 e. The van der Waals surface area contributed by atoms with Crippen LogP contribution in [0, 0.1) is 0 Å². The fourth-order valence-electron chi connectivity index (χ4n) is 6.91. The van der Waals surface area contributed by atoms with E-state index in [1.54, 1.807) is 66.7 Å². The van der Waals surface area contributed by atoms with Gasteiger partial charge >= 0.3 is 11.9 Å². The molecule has 6 aromatic rings. The zero-order valence-electron chi connectivity index (χ0n) is 28.5. The van der Waals surface area contributed by atoms with Crippen LogP contribution in [0.1, 0.15) is 73.2 Å². The lowest BCUT2D eigenvalue weighted by atomic mass is 10.0. The molecular formula is C40H42N2O8. The van der Waals surface area contributed by atoms with Crippen LogP contribution in [-0.4, -0.2) is 51.7 Å². The van der Waals surface area contributed by atoms with Crippen molar-refractivity contribution < 1.29 is 40.2 Å². The summed E-state index contributed by atoms with van der Waals surface area (Å²) in [4.78, 5) is 22.8. The van der Waals surface area contributed by atoms with Crippen LogP contribution in [-0.2, 0) is 35.5 Å². The number of fused-ring (bicyclic) bond motifs is 2. The molecule has 0 aliphatic rings. The van der Waals surface area contributed by atoms with Crippen LogP contribution < -0.4 is 0 Å². The molecular weight excluding hydrogens is 636 g/mol. The SMILES string of the molecule is CC(C)c1c(CC(=O)O)c2ccc(O)cc2n1Cc1cccc(O)c1.CC(C)c1c(CC(=O)O)c2cccc(O)c2n1Cc1cccc(O)c1. The number of hydrogen-bond donors (Lipinski definition) is 6. The third kappa shape index (κ3) is 7.54. The molecule has 10 heteroatoms. The zero-order chi connectivity index (χ0) is 36.3. The summed E-state index contributed by atoms with van der Waals surface area (Å²) in [6.45, 7) is 9.00. The Kier molecular flexibility index (Phi) is 10.4. The molecule has 6 rings (SSSR count). The molecule has 0 bridgehead atoms. The molecule has 50 heavy (non-hydrogen) atoms. The Morgan fingerprint density at radius 1 is 0.580 bits per heavy atom. The van der Waals surface area contributed by atoms with E-state index in [1.165, 1.54) is 0 Å².